The summed E-state index contributed by atoms with van der Waals surface area (Å²) in [5.74, 6) is 0.0762. The Morgan fingerprint density at radius 2 is 2.12 bits per heavy atom. The van der Waals surface area contributed by atoms with Gasteiger partial charge >= 0.3 is 5.97 Å². The third kappa shape index (κ3) is 2.74. The zero-order valence-electron chi connectivity index (χ0n) is 9.54. The van der Waals surface area contributed by atoms with Gasteiger partial charge in [0.05, 0.1) is 0 Å². The van der Waals surface area contributed by atoms with Crippen LogP contribution in [0, 0.1) is 5.92 Å². The van der Waals surface area contributed by atoms with Crippen molar-refractivity contribution in [2.75, 3.05) is 24.6 Å². The Bertz CT molecular complexity index is 400. The average Bonchev–Trinajstić information content (AvgIpc) is 2.39. The third-order valence-corrected chi connectivity index (χ3v) is 3.15. The number of carboxylic acids is 1. The molecule has 1 saturated heterocycles. The lowest BCUT2D eigenvalue weighted by atomic mass is 9.98. The number of hydrogen-bond acceptors (Lipinski definition) is 4. The van der Waals surface area contributed by atoms with Crippen molar-refractivity contribution in [3.8, 4) is 0 Å². The number of aromatic nitrogens is 1. The standard InChI is InChI=1S/C12H16N2O3/c15-8-9-4-6-14(7-5-9)11-3-1-2-10(13-11)12(16)17/h1-3,9,15H,4-8H2,(H,16,17). The van der Waals surface area contributed by atoms with Gasteiger partial charge in [-0.2, -0.15) is 0 Å². The minimum absolute atomic E-state index is 0.0757. The summed E-state index contributed by atoms with van der Waals surface area (Å²) in [5, 5.41) is 17.9. The lowest BCUT2D eigenvalue weighted by Gasteiger charge is -2.32. The second kappa shape index (κ2) is 5.14. The van der Waals surface area contributed by atoms with Gasteiger partial charge in [-0.1, -0.05) is 6.07 Å². The number of carbonyl (C=O) groups is 1. The number of nitrogens with zero attached hydrogens (tertiary/aromatic N) is 2. The van der Waals surface area contributed by atoms with Gasteiger partial charge in [-0.05, 0) is 30.9 Å². The quantitative estimate of drug-likeness (QED) is 0.818. The van der Waals surface area contributed by atoms with E-state index in [2.05, 4.69) is 9.88 Å². The number of aliphatic hydroxyl groups excluding tert-OH is 1. The number of piperidine rings is 1. The predicted molar refractivity (Wildman–Crippen MR) is 63.2 cm³/mol. The molecule has 1 aromatic rings. The van der Waals surface area contributed by atoms with Crippen LogP contribution < -0.4 is 4.90 Å². The molecule has 0 atom stereocenters. The molecule has 1 aliphatic heterocycles. The molecular formula is C12H16N2O3. The molecule has 17 heavy (non-hydrogen) atoms. The Balaban J connectivity index is 2.08. The van der Waals surface area contributed by atoms with E-state index in [1.165, 1.54) is 6.07 Å². The number of aromatic carboxylic acids is 1. The van der Waals surface area contributed by atoms with Gasteiger partial charge in [0, 0.05) is 19.7 Å². The van der Waals surface area contributed by atoms with Crippen molar-refractivity contribution < 1.29 is 15.0 Å². The number of aliphatic hydroxyl groups is 1. The molecule has 1 aliphatic rings. The summed E-state index contributed by atoms with van der Waals surface area (Å²) in [6.45, 7) is 1.87. The molecule has 2 N–H and O–H groups in total. The minimum Gasteiger partial charge on any atom is -0.477 e. The van der Waals surface area contributed by atoms with Crippen LogP contribution in [-0.2, 0) is 0 Å². The van der Waals surface area contributed by atoms with Crippen LogP contribution in [0.2, 0.25) is 0 Å². The van der Waals surface area contributed by atoms with E-state index in [9.17, 15) is 4.79 Å². The molecule has 0 spiro atoms. The maximum atomic E-state index is 10.8. The van der Waals surface area contributed by atoms with Gasteiger partial charge in [0.2, 0.25) is 0 Å². The molecule has 2 heterocycles. The summed E-state index contributed by atoms with van der Waals surface area (Å²) < 4.78 is 0. The van der Waals surface area contributed by atoms with Crippen molar-refractivity contribution in [2.45, 2.75) is 12.8 Å². The van der Waals surface area contributed by atoms with Crippen molar-refractivity contribution in [2.24, 2.45) is 5.92 Å². The van der Waals surface area contributed by atoms with Crippen molar-refractivity contribution in [3.05, 3.63) is 23.9 Å². The summed E-state index contributed by atoms with van der Waals surface area (Å²) in [6.07, 6.45) is 1.85. The smallest absolute Gasteiger partial charge is 0.354 e. The van der Waals surface area contributed by atoms with Crippen LogP contribution in [0.15, 0.2) is 18.2 Å². The molecule has 0 aromatic carbocycles. The van der Waals surface area contributed by atoms with Crippen LogP contribution in [0.5, 0.6) is 0 Å². The van der Waals surface area contributed by atoms with E-state index in [0.29, 0.717) is 11.7 Å². The summed E-state index contributed by atoms with van der Waals surface area (Å²) in [4.78, 5) is 17.0. The van der Waals surface area contributed by atoms with E-state index in [-0.39, 0.29) is 12.3 Å². The molecule has 0 radical (unpaired) electrons. The third-order valence-electron chi connectivity index (χ3n) is 3.15. The monoisotopic (exact) mass is 236 g/mol. The largest absolute Gasteiger partial charge is 0.477 e. The number of rotatable bonds is 3. The Morgan fingerprint density at radius 1 is 1.41 bits per heavy atom. The topological polar surface area (TPSA) is 73.7 Å². The molecule has 0 amide bonds. The fraction of sp³-hybridized carbons (Fsp3) is 0.500. The van der Waals surface area contributed by atoms with E-state index < -0.39 is 5.97 Å². The lowest BCUT2D eigenvalue weighted by molar-refractivity contribution is 0.0690. The van der Waals surface area contributed by atoms with Gasteiger partial charge in [-0.15, -0.1) is 0 Å². The van der Waals surface area contributed by atoms with Gasteiger partial charge in [-0.3, -0.25) is 0 Å². The van der Waals surface area contributed by atoms with E-state index >= 15 is 0 Å². The molecule has 0 bridgehead atoms. The van der Waals surface area contributed by atoms with Gasteiger partial charge in [0.1, 0.15) is 5.82 Å². The fourth-order valence-corrected chi connectivity index (χ4v) is 2.06. The first-order valence-corrected chi connectivity index (χ1v) is 5.77. The Hall–Kier alpha value is -1.62. The van der Waals surface area contributed by atoms with E-state index in [4.69, 9.17) is 10.2 Å². The lowest BCUT2D eigenvalue weighted by Crippen LogP contribution is -2.35. The first-order chi connectivity index (χ1) is 8.20. The summed E-state index contributed by atoms with van der Waals surface area (Å²) >= 11 is 0. The van der Waals surface area contributed by atoms with Crippen LogP contribution in [0.25, 0.3) is 0 Å². The van der Waals surface area contributed by atoms with E-state index in [1.54, 1.807) is 6.07 Å². The Morgan fingerprint density at radius 3 is 2.71 bits per heavy atom. The van der Waals surface area contributed by atoms with Crippen LogP contribution in [-0.4, -0.2) is 40.9 Å². The number of anilines is 1. The molecule has 5 nitrogen and oxygen atoms in total. The van der Waals surface area contributed by atoms with Crippen LogP contribution in [0.1, 0.15) is 23.3 Å². The van der Waals surface area contributed by atoms with Gasteiger partial charge in [0.15, 0.2) is 5.69 Å². The van der Waals surface area contributed by atoms with Crippen molar-refractivity contribution >= 4 is 11.8 Å². The Kier molecular flexibility index (Phi) is 3.58. The van der Waals surface area contributed by atoms with Gasteiger partial charge in [0.25, 0.3) is 0 Å². The predicted octanol–water partition coefficient (Wildman–Crippen LogP) is 0.988. The highest BCUT2D eigenvalue weighted by molar-refractivity contribution is 5.85. The SMILES string of the molecule is O=C(O)c1cccc(N2CCC(CO)CC2)n1. The summed E-state index contributed by atoms with van der Waals surface area (Å²) in [7, 11) is 0. The number of pyridine rings is 1. The van der Waals surface area contributed by atoms with E-state index in [0.717, 1.165) is 25.9 Å². The highest BCUT2D eigenvalue weighted by Gasteiger charge is 2.19. The van der Waals surface area contributed by atoms with Crippen LogP contribution in [0.3, 0.4) is 0 Å². The van der Waals surface area contributed by atoms with Crippen molar-refractivity contribution in [3.63, 3.8) is 0 Å². The minimum atomic E-state index is -1.00. The maximum absolute atomic E-state index is 10.8. The average molecular weight is 236 g/mol. The van der Waals surface area contributed by atoms with Crippen molar-refractivity contribution in [1.29, 1.82) is 0 Å². The van der Waals surface area contributed by atoms with Crippen molar-refractivity contribution in [1.82, 2.24) is 4.98 Å². The molecule has 1 aromatic heterocycles. The van der Waals surface area contributed by atoms with Gasteiger partial charge in [-0.25, -0.2) is 9.78 Å². The zero-order valence-corrected chi connectivity index (χ0v) is 9.54. The molecule has 92 valence electrons. The Labute approximate surface area is 99.7 Å². The number of carboxylic acid groups (broad SMARTS) is 1. The number of hydrogen-bond donors (Lipinski definition) is 2. The first-order valence-electron chi connectivity index (χ1n) is 5.77. The maximum Gasteiger partial charge on any atom is 0.354 e. The fourth-order valence-electron chi connectivity index (χ4n) is 2.06. The van der Waals surface area contributed by atoms with E-state index in [1.807, 2.05) is 6.07 Å². The zero-order chi connectivity index (χ0) is 12.3. The molecular weight excluding hydrogens is 220 g/mol. The molecule has 2 rings (SSSR count). The van der Waals surface area contributed by atoms with Crippen LogP contribution >= 0.6 is 0 Å². The first kappa shape index (κ1) is 11.9. The molecule has 0 saturated carbocycles. The van der Waals surface area contributed by atoms with Crippen LogP contribution in [0.4, 0.5) is 5.82 Å². The second-order valence-corrected chi connectivity index (χ2v) is 4.30. The summed E-state index contributed by atoms with van der Waals surface area (Å²) in [6, 6.07) is 5.03. The highest BCUT2D eigenvalue weighted by atomic mass is 16.4. The molecule has 5 heteroatoms. The van der Waals surface area contributed by atoms with Gasteiger partial charge < -0.3 is 15.1 Å². The normalized spacial score (nSPS) is 17.1. The highest BCUT2D eigenvalue weighted by Crippen LogP contribution is 2.21. The molecule has 0 aliphatic carbocycles. The summed E-state index contributed by atoms with van der Waals surface area (Å²) in [5.41, 5.74) is 0.0757. The second-order valence-electron chi connectivity index (χ2n) is 4.30. The molecule has 0 unspecified atom stereocenters. The molecule has 1 fully saturated rings.